The normalized spacial score (nSPS) is 28.8. The number of carbonyl (C=O) groups is 2. The first kappa shape index (κ1) is 28.9. The average molecular weight is 544 g/mol. The molecule has 1 aromatic carbocycles. The van der Waals surface area contributed by atoms with Gasteiger partial charge in [0.2, 0.25) is 0 Å². The minimum absolute atomic E-state index is 0.177. The number of carbonyl (C=O) groups excluding carboxylic acids is 2. The van der Waals surface area contributed by atoms with E-state index < -0.39 is 44.6 Å². The van der Waals surface area contributed by atoms with Gasteiger partial charge in [-0.25, -0.2) is 9.59 Å². The molecule has 0 aromatic heterocycles. The molecule has 0 saturated heterocycles. The molecular weight excluding hydrogens is 503 g/mol. The van der Waals surface area contributed by atoms with Crippen molar-refractivity contribution in [3.8, 4) is 11.5 Å². The van der Waals surface area contributed by atoms with E-state index in [2.05, 4.69) is 41.5 Å². The van der Waals surface area contributed by atoms with E-state index in [0.717, 1.165) is 25.7 Å². The summed E-state index contributed by atoms with van der Waals surface area (Å²) in [6, 6.07) is 0. The van der Waals surface area contributed by atoms with Gasteiger partial charge in [0.1, 0.15) is 33.4 Å². The Morgan fingerprint density at radius 1 is 0.722 bits per heavy atom. The molecule has 202 valence electrons. The fourth-order valence-electron chi connectivity index (χ4n) is 5.93. The van der Waals surface area contributed by atoms with Crippen LogP contribution in [0.25, 0.3) is 0 Å². The van der Waals surface area contributed by atoms with Gasteiger partial charge in [-0.3, -0.25) is 0 Å². The van der Waals surface area contributed by atoms with Crippen LogP contribution in [0.3, 0.4) is 0 Å². The van der Waals surface area contributed by atoms with E-state index >= 15 is 0 Å². The number of esters is 2. The van der Waals surface area contributed by atoms with Crippen molar-refractivity contribution in [2.75, 3.05) is 0 Å². The predicted molar refractivity (Wildman–Crippen MR) is 141 cm³/mol. The second-order valence-corrected chi connectivity index (χ2v) is 12.4. The van der Waals surface area contributed by atoms with Crippen LogP contribution >= 0.6 is 23.2 Å². The zero-order chi connectivity index (χ0) is 26.9. The van der Waals surface area contributed by atoms with E-state index in [9.17, 15) is 19.8 Å². The molecule has 0 unspecified atom stereocenters. The Morgan fingerprint density at radius 2 is 1.06 bits per heavy atom. The van der Waals surface area contributed by atoms with E-state index in [-0.39, 0.29) is 24.0 Å². The van der Waals surface area contributed by atoms with E-state index in [1.807, 2.05) is 0 Å². The Bertz CT molecular complexity index is 869. The summed E-state index contributed by atoms with van der Waals surface area (Å²) in [6.45, 7) is 12.6. The number of phenolic OH excluding ortho intramolecular Hbond substituents is 2. The number of halogens is 2. The highest BCUT2D eigenvalue weighted by atomic mass is 35.5. The molecule has 2 N–H and O–H groups in total. The van der Waals surface area contributed by atoms with Crippen LogP contribution < -0.4 is 0 Å². The van der Waals surface area contributed by atoms with Crippen molar-refractivity contribution in [2.45, 2.75) is 92.3 Å². The Hall–Kier alpha value is -1.66. The molecule has 0 spiro atoms. The van der Waals surface area contributed by atoms with Gasteiger partial charge in [-0.15, -0.1) is 0 Å². The fraction of sp³-hybridized carbons (Fsp3) is 0.714. The topological polar surface area (TPSA) is 93.1 Å². The van der Waals surface area contributed by atoms with E-state index in [4.69, 9.17) is 32.7 Å². The minimum Gasteiger partial charge on any atom is -0.505 e. The predicted octanol–water partition coefficient (Wildman–Crippen LogP) is 7.64. The van der Waals surface area contributed by atoms with Gasteiger partial charge in [0.25, 0.3) is 0 Å². The smallest absolute Gasteiger partial charge is 0.343 e. The molecule has 3 rings (SSSR count). The summed E-state index contributed by atoms with van der Waals surface area (Å²) >= 11 is 12.7. The second kappa shape index (κ2) is 11.8. The van der Waals surface area contributed by atoms with Crippen LogP contribution in [0.1, 0.15) is 101 Å². The van der Waals surface area contributed by atoms with Crippen LogP contribution in [0.15, 0.2) is 0 Å². The third kappa shape index (κ3) is 6.07. The lowest BCUT2D eigenvalue weighted by Gasteiger charge is -2.37. The van der Waals surface area contributed by atoms with Crippen molar-refractivity contribution < 1.29 is 29.3 Å². The zero-order valence-corrected chi connectivity index (χ0v) is 23.7. The van der Waals surface area contributed by atoms with Crippen LogP contribution in [0, 0.1) is 35.5 Å². The quantitative estimate of drug-likeness (QED) is 0.283. The van der Waals surface area contributed by atoms with Gasteiger partial charge in [-0.05, 0) is 61.2 Å². The molecule has 2 aliphatic carbocycles. The molecule has 6 nitrogen and oxygen atoms in total. The molecule has 0 heterocycles. The molecule has 36 heavy (non-hydrogen) atoms. The van der Waals surface area contributed by atoms with E-state index in [1.54, 1.807) is 0 Å². The Labute approximate surface area is 224 Å². The van der Waals surface area contributed by atoms with E-state index in [0.29, 0.717) is 36.5 Å². The maximum atomic E-state index is 13.1. The number of aromatic hydroxyl groups is 2. The van der Waals surface area contributed by atoms with Gasteiger partial charge in [0, 0.05) is 0 Å². The lowest BCUT2D eigenvalue weighted by molar-refractivity contribution is -0.0189. The monoisotopic (exact) mass is 542 g/mol. The highest BCUT2D eigenvalue weighted by Crippen LogP contribution is 2.46. The average Bonchev–Trinajstić information content (AvgIpc) is 2.77. The summed E-state index contributed by atoms with van der Waals surface area (Å²) < 4.78 is 11.6. The number of ether oxygens (including phenoxy) is 2. The first-order valence-electron chi connectivity index (χ1n) is 13.2. The van der Waals surface area contributed by atoms with Crippen LogP contribution in [-0.4, -0.2) is 34.4 Å². The first-order chi connectivity index (χ1) is 16.8. The highest BCUT2D eigenvalue weighted by Gasteiger charge is 2.38. The Kier molecular flexibility index (Phi) is 9.48. The van der Waals surface area contributed by atoms with Crippen molar-refractivity contribution >= 4 is 35.1 Å². The summed E-state index contributed by atoms with van der Waals surface area (Å²) in [4.78, 5) is 26.3. The Balaban J connectivity index is 1.88. The van der Waals surface area contributed by atoms with Gasteiger partial charge in [0.15, 0.2) is 11.5 Å². The van der Waals surface area contributed by atoms with Gasteiger partial charge in [-0.2, -0.15) is 0 Å². The maximum Gasteiger partial charge on any atom is 0.343 e. The SMILES string of the molecule is CC(C)[C@@H]1CC[C@@H](C)C[C@H]1OC(=O)c1c(O)c(Cl)c(C(=O)O[C@@H]2C[C@H](C)CC[C@H]2C(C)C)c(O)c1Cl. The minimum atomic E-state index is -0.875. The molecule has 2 saturated carbocycles. The molecule has 0 amide bonds. The molecular formula is C28H40Cl2O6. The molecule has 8 heteroatoms. The number of benzene rings is 1. The van der Waals surface area contributed by atoms with Crippen molar-refractivity contribution in [1.82, 2.24) is 0 Å². The van der Waals surface area contributed by atoms with Gasteiger partial charge >= 0.3 is 11.9 Å². The summed E-state index contributed by atoms with van der Waals surface area (Å²) in [5, 5.41) is 20.7. The molecule has 6 atom stereocenters. The van der Waals surface area contributed by atoms with Crippen molar-refractivity contribution in [1.29, 1.82) is 0 Å². The molecule has 1 aromatic rings. The molecule has 2 fully saturated rings. The Morgan fingerprint density at radius 3 is 1.36 bits per heavy atom. The summed E-state index contributed by atoms with van der Waals surface area (Å²) in [5.41, 5.74) is -0.884. The summed E-state index contributed by atoms with van der Waals surface area (Å²) in [5.74, 6) is -1.37. The highest BCUT2D eigenvalue weighted by molar-refractivity contribution is 6.40. The van der Waals surface area contributed by atoms with Crippen LogP contribution in [0.2, 0.25) is 10.0 Å². The molecule has 0 radical (unpaired) electrons. The van der Waals surface area contributed by atoms with Crippen molar-refractivity contribution in [3.63, 3.8) is 0 Å². The standard InChI is InChI=1S/C28H40Cl2O6/c1-13(2)17-9-7-15(5)11-19(17)35-27(33)21-23(29)26(32)22(24(30)25(21)31)28(34)36-20-12-16(6)8-10-18(20)14(3)4/h13-20,31-32H,7-12H2,1-6H3/t15-,16-,17+,18+,19-,20-/m1/s1. The van der Waals surface area contributed by atoms with Crippen molar-refractivity contribution in [3.05, 3.63) is 21.2 Å². The second-order valence-electron chi connectivity index (χ2n) is 11.6. The lowest BCUT2D eigenvalue weighted by atomic mass is 9.75. The van der Waals surface area contributed by atoms with E-state index in [1.165, 1.54) is 0 Å². The molecule has 0 bridgehead atoms. The van der Waals surface area contributed by atoms with Gasteiger partial charge in [-0.1, -0.05) is 77.6 Å². The van der Waals surface area contributed by atoms with Gasteiger partial charge < -0.3 is 19.7 Å². The summed E-state index contributed by atoms with van der Waals surface area (Å²) in [6.07, 6.45) is 4.71. The lowest BCUT2D eigenvalue weighted by Crippen LogP contribution is -2.36. The molecule has 0 aliphatic heterocycles. The van der Waals surface area contributed by atoms with Crippen molar-refractivity contribution in [2.24, 2.45) is 35.5 Å². The van der Waals surface area contributed by atoms with Crippen LogP contribution in [0.5, 0.6) is 11.5 Å². The fourth-order valence-corrected chi connectivity index (χ4v) is 6.45. The maximum absolute atomic E-state index is 13.1. The van der Waals surface area contributed by atoms with Gasteiger partial charge in [0.05, 0.1) is 0 Å². The third-order valence-corrected chi connectivity index (χ3v) is 8.91. The largest absolute Gasteiger partial charge is 0.505 e. The number of hydrogen-bond acceptors (Lipinski definition) is 6. The van der Waals surface area contributed by atoms with Crippen LogP contribution in [0.4, 0.5) is 0 Å². The van der Waals surface area contributed by atoms with Crippen LogP contribution in [-0.2, 0) is 9.47 Å². The number of rotatable bonds is 6. The zero-order valence-electron chi connectivity index (χ0n) is 22.1. The number of hydrogen-bond donors (Lipinski definition) is 2. The first-order valence-corrected chi connectivity index (χ1v) is 13.9. The number of phenols is 2. The third-order valence-electron chi connectivity index (χ3n) is 8.18. The summed E-state index contributed by atoms with van der Waals surface area (Å²) in [7, 11) is 0. The molecule has 2 aliphatic rings.